The van der Waals surface area contributed by atoms with Crippen LogP contribution >= 0.6 is 0 Å². The van der Waals surface area contributed by atoms with Crippen LogP contribution in [-0.4, -0.2) is 283 Å². The van der Waals surface area contributed by atoms with Crippen LogP contribution in [0.4, 0.5) is 62.7 Å². The van der Waals surface area contributed by atoms with Crippen LogP contribution in [0.15, 0.2) is 109 Å². The van der Waals surface area contributed by atoms with Crippen molar-refractivity contribution in [1.82, 2.24) is 88.8 Å². The third kappa shape index (κ3) is 19.5. The Labute approximate surface area is 632 Å². The number of likely N-dealkylation sites (N-methyl/N-ethyl adjacent to an activating group) is 2. The number of hydrogen-bond donors (Lipinski definition) is 1. The van der Waals surface area contributed by atoms with Crippen LogP contribution in [0.2, 0.25) is 0 Å². The molecule has 0 bridgehead atoms. The molecule has 12 heterocycles. The zero-order chi connectivity index (χ0) is 78.2. The van der Waals surface area contributed by atoms with E-state index in [1.807, 2.05) is 87.3 Å². The summed E-state index contributed by atoms with van der Waals surface area (Å²) >= 11 is 0. The minimum atomic E-state index is -4.66. The fourth-order valence-corrected chi connectivity index (χ4v) is 14.2. The molecular formula is C73H87F9N22O7. The van der Waals surface area contributed by atoms with Crippen molar-refractivity contribution < 1.29 is 73.2 Å². The molecule has 0 saturated carbocycles. The van der Waals surface area contributed by atoms with Crippen molar-refractivity contribution in [3.05, 3.63) is 138 Å². The summed E-state index contributed by atoms with van der Waals surface area (Å²) in [4.78, 5) is 55.0. The van der Waals surface area contributed by atoms with E-state index in [0.29, 0.717) is 151 Å². The van der Waals surface area contributed by atoms with Crippen molar-refractivity contribution >= 4 is 57.8 Å². The first-order valence-electron chi connectivity index (χ1n) is 36.9. The molecule has 6 aliphatic rings. The molecule has 3 aromatic carbocycles. The molecule has 0 atom stereocenters. The number of anilines is 4. The van der Waals surface area contributed by atoms with E-state index >= 15 is 0 Å². The lowest BCUT2D eigenvalue weighted by Crippen LogP contribution is -2.49. The second kappa shape index (κ2) is 34.0. The van der Waals surface area contributed by atoms with Crippen LogP contribution in [0.25, 0.3) is 16.9 Å². The number of carbonyl (C=O) groups is 3. The molecular weight excluding hydrogens is 1470 g/mol. The van der Waals surface area contributed by atoms with Gasteiger partial charge in [-0.1, -0.05) is 24.3 Å². The molecule has 594 valence electrons. The summed E-state index contributed by atoms with van der Waals surface area (Å²) in [6, 6.07) is 32.8. The highest BCUT2D eigenvalue weighted by Gasteiger charge is 2.41. The van der Waals surface area contributed by atoms with Crippen molar-refractivity contribution in [2.75, 3.05) is 191 Å². The Morgan fingerprint density at radius 3 is 1.25 bits per heavy atom. The first kappa shape index (κ1) is 78.6. The standard InChI is InChI=1S/C25H31F3N8O2.C24H28F3N7O3.C24H28F3N7O2/c1-19(37)33-12-10-32(11-13-33)9-2-18-38-21-5-3-20(4-6-21)34-14-16-35(17-15-34)23-8-7-22-29-30-24(25(26,27)28)36(22)31-23;1-31-12-13-32(16-21(31)35)14-15-37-18-4-2-17(3-5-18)23(36)8-10-33(11-9-23)20-7-6-19-28-29-22(24(25,26)27)34(19)30-20;1-31-12-13-32(16-22(31)35)14-15-36-19-4-2-17(3-5-19)18-8-10-33(11-9-18)21-7-6-20-28-29-23(24(25,26)27)34(20)30-21/h3-8H,2,9-18H2,1H3;2-7,36H,8-16H2,1H3;2-7,18H,8-16H2,1H3. The molecule has 0 radical (unpaired) electrons. The highest BCUT2D eigenvalue weighted by Crippen LogP contribution is 2.38. The number of benzene rings is 3. The number of rotatable bonds is 19. The Morgan fingerprint density at radius 2 is 0.829 bits per heavy atom. The molecule has 38 heteroatoms. The Bertz CT molecular complexity index is 4610. The second-order valence-corrected chi connectivity index (χ2v) is 28.2. The zero-order valence-corrected chi connectivity index (χ0v) is 61.6. The molecule has 9 aromatic rings. The summed E-state index contributed by atoms with van der Waals surface area (Å²) in [6.07, 6.45) is -10.5. The highest BCUT2D eigenvalue weighted by molar-refractivity contribution is 5.79. The van der Waals surface area contributed by atoms with Crippen molar-refractivity contribution in [2.24, 2.45) is 0 Å². The predicted molar refractivity (Wildman–Crippen MR) is 389 cm³/mol. The van der Waals surface area contributed by atoms with Gasteiger partial charge in [0.15, 0.2) is 16.9 Å². The van der Waals surface area contributed by atoms with Crippen LogP contribution in [0.5, 0.6) is 17.2 Å². The number of fused-ring (bicyclic) bond motifs is 3. The van der Waals surface area contributed by atoms with Crippen LogP contribution in [0.3, 0.4) is 0 Å². The van der Waals surface area contributed by atoms with Crippen LogP contribution in [0, 0.1) is 0 Å². The molecule has 6 fully saturated rings. The third-order valence-corrected chi connectivity index (χ3v) is 20.9. The maximum Gasteiger partial charge on any atom is 0.453 e. The number of piperazine rings is 4. The molecule has 6 aromatic heterocycles. The lowest BCUT2D eigenvalue weighted by Gasteiger charge is -2.39. The molecule has 0 unspecified atom stereocenters. The number of alkyl halides is 9. The minimum absolute atomic E-state index is 0.0175. The summed E-state index contributed by atoms with van der Waals surface area (Å²) in [6.45, 7) is 17.8. The van der Waals surface area contributed by atoms with Gasteiger partial charge in [0.1, 0.15) is 47.9 Å². The van der Waals surface area contributed by atoms with E-state index in [4.69, 9.17) is 14.2 Å². The van der Waals surface area contributed by atoms with Crippen molar-refractivity contribution in [3.8, 4) is 17.2 Å². The van der Waals surface area contributed by atoms with E-state index in [2.05, 4.69) is 77.6 Å². The monoisotopic (exact) mass is 1550 g/mol. The molecule has 0 spiro atoms. The van der Waals surface area contributed by atoms with E-state index < -0.39 is 41.6 Å². The third-order valence-electron chi connectivity index (χ3n) is 20.9. The number of aromatic nitrogens is 12. The average Bonchev–Trinajstić information content (AvgIpc) is 1.67. The number of carbonyl (C=O) groups excluding carboxylic acids is 3. The fraction of sp³-hybridized carbons (Fsp3) is 0.507. The molecule has 29 nitrogen and oxygen atoms in total. The van der Waals surface area contributed by atoms with Gasteiger partial charge in [0.05, 0.1) is 25.3 Å². The number of ether oxygens (including phenoxy) is 3. The van der Waals surface area contributed by atoms with E-state index in [9.17, 15) is 59.0 Å². The Hall–Kier alpha value is -10.5. The minimum Gasteiger partial charge on any atom is -0.494 e. The van der Waals surface area contributed by atoms with Gasteiger partial charge < -0.3 is 53.6 Å². The SMILES string of the molecule is CC(=O)N1CCN(CCCOc2ccc(N3CCN(c4ccc5nnc(C(F)(F)F)n5n4)CC3)cc2)CC1.CN1CCN(CCOc2ccc(C3(O)CCN(c4ccc5nnc(C(F)(F)F)n5n4)CC3)cc2)CC1=O.CN1CCN(CCOc2ccc(C3CCN(c4ccc5nnc(C(F)(F)F)n5n4)CC3)cc2)CC1=O. The van der Waals surface area contributed by atoms with Gasteiger partial charge in [-0.15, -0.1) is 45.9 Å². The van der Waals surface area contributed by atoms with Crippen LogP contribution in [0.1, 0.15) is 73.5 Å². The number of halogens is 9. The van der Waals surface area contributed by atoms with Crippen molar-refractivity contribution in [1.29, 1.82) is 0 Å². The zero-order valence-electron chi connectivity index (χ0n) is 61.6. The van der Waals surface area contributed by atoms with E-state index in [-0.39, 0.29) is 34.7 Å². The second-order valence-electron chi connectivity index (χ2n) is 28.2. The van der Waals surface area contributed by atoms with Gasteiger partial charge in [0.25, 0.3) is 17.5 Å². The average molecular weight is 1560 g/mol. The first-order valence-corrected chi connectivity index (χ1v) is 36.9. The topological polar surface area (TPSA) is 261 Å². The first-order chi connectivity index (χ1) is 53.2. The number of hydrogen-bond acceptors (Lipinski definition) is 23. The lowest BCUT2D eigenvalue weighted by molar-refractivity contribution is -0.147. The normalized spacial score (nSPS) is 18.2. The quantitative estimate of drug-likeness (QED) is 0.0640. The Morgan fingerprint density at radius 1 is 0.441 bits per heavy atom. The fourth-order valence-electron chi connectivity index (χ4n) is 14.2. The molecule has 1 N–H and O–H groups in total. The number of aliphatic hydroxyl groups is 1. The number of nitrogens with zero attached hydrogens (tertiary/aromatic N) is 22. The summed E-state index contributed by atoms with van der Waals surface area (Å²) in [7, 11) is 3.63. The smallest absolute Gasteiger partial charge is 0.453 e. The van der Waals surface area contributed by atoms with Gasteiger partial charge in [0, 0.05) is 151 Å². The summed E-state index contributed by atoms with van der Waals surface area (Å²) in [5, 5.41) is 44.0. The molecule has 6 saturated heterocycles. The van der Waals surface area contributed by atoms with Gasteiger partial charge in [-0.2, -0.15) is 53.1 Å². The molecule has 0 aliphatic carbocycles. The Balaban J connectivity index is 0.000000146. The number of piperidine rings is 2. The van der Waals surface area contributed by atoms with Crippen LogP contribution < -0.4 is 33.8 Å². The van der Waals surface area contributed by atoms with Gasteiger partial charge >= 0.3 is 18.5 Å². The summed E-state index contributed by atoms with van der Waals surface area (Å²) in [5.74, 6) is 0.943. The van der Waals surface area contributed by atoms with Crippen molar-refractivity contribution in [2.45, 2.75) is 69.1 Å². The largest absolute Gasteiger partial charge is 0.494 e. The van der Waals surface area contributed by atoms with Gasteiger partial charge in [0.2, 0.25) is 17.7 Å². The van der Waals surface area contributed by atoms with Gasteiger partial charge in [-0.25, -0.2) is 0 Å². The van der Waals surface area contributed by atoms with Gasteiger partial charge in [-0.05, 0) is 134 Å². The summed E-state index contributed by atoms with van der Waals surface area (Å²) in [5.41, 5.74) is 2.13. The maximum absolute atomic E-state index is 13.2. The molecule has 111 heavy (non-hydrogen) atoms. The number of amides is 3. The highest BCUT2D eigenvalue weighted by atomic mass is 19.4. The van der Waals surface area contributed by atoms with Crippen molar-refractivity contribution in [3.63, 3.8) is 0 Å². The molecule has 3 amide bonds. The van der Waals surface area contributed by atoms with Crippen LogP contribution in [-0.2, 0) is 38.5 Å². The maximum atomic E-state index is 13.2. The Kier molecular flexibility index (Phi) is 24.1. The predicted octanol–water partition coefficient (Wildman–Crippen LogP) is 6.87. The molecule has 15 rings (SSSR count). The molecule has 6 aliphatic heterocycles. The summed E-state index contributed by atoms with van der Waals surface area (Å²) < 4.78 is 138. The van der Waals surface area contributed by atoms with Gasteiger partial charge in [-0.3, -0.25) is 29.1 Å². The lowest BCUT2D eigenvalue weighted by atomic mass is 9.84. The van der Waals surface area contributed by atoms with E-state index in [1.54, 1.807) is 42.0 Å². The van der Waals surface area contributed by atoms with E-state index in [0.717, 1.165) is 103 Å². The van der Waals surface area contributed by atoms with E-state index in [1.165, 1.54) is 23.8 Å².